The maximum Gasteiger partial charge on any atom is 0.270 e. The number of amides is 2. The van der Waals surface area contributed by atoms with E-state index in [1.54, 1.807) is 24.5 Å². The van der Waals surface area contributed by atoms with Gasteiger partial charge in [-0.25, -0.2) is 4.98 Å². The Morgan fingerprint density at radius 2 is 1.93 bits per heavy atom. The minimum Gasteiger partial charge on any atom is -0.463 e. The Bertz CT molecular complexity index is 1090. The van der Waals surface area contributed by atoms with E-state index in [0.29, 0.717) is 33.8 Å². The van der Waals surface area contributed by atoms with Crippen LogP contribution in [0, 0.1) is 17.8 Å². The van der Waals surface area contributed by atoms with Crippen molar-refractivity contribution in [2.45, 2.75) is 12.8 Å². The van der Waals surface area contributed by atoms with Gasteiger partial charge in [-0.3, -0.25) is 20.4 Å². The summed E-state index contributed by atoms with van der Waals surface area (Å²) in [4.78, 5) is 29.9. The van der Waals surface area contributed by atoms with E-state index in [2.05, 4.69) is 28.0 Å². The molecule has 2 heterocycles. The molecule has 6 nitrogen and oxygen atoms in total. The van der Waals surface area contributed by atoms with Crippen molar-refractivity contribution in [3.8, 4) is 11.5 Å². The number of carbonyl (C=O) groups is 2. The quantitative estimate of drug-likeness (QED) is 0.544. The van der Waals surface area contributed by atoms with Crippen molar-refractivity contribution in [1.29, 1.82) is 0 Å². The van der Waals surface area contributed by atoms with Crippen LogP contribution in [0.15, 0.2) is 65.3 Å². The molecule has 0 spiro atoms. The monoisotopic (exact) mass is 373 g/mol. The van der Waals surface area contributed by atoms with Crippen LogP contribution in [-0.4, -0.2) is 16.8 Å². The highest BCUT2D eigenvalue weighted by molar-refractivity contribution is 6.07. The van der Waals surface area contributed by atoms with Gasteiger partial charge >= 0.3 is 0 Å². The van der Waals surface area contributed by atoms with E-state index < -0.39 is 0 Å². The van der Waals surface area contributed by atoms with E-state index in [-0.39, 0.29) is 23.7 Å². The first-order valence-corrected chi connectivity index (χ1v) is 9.41. The van der Waals surface area contributed by atoms with Gasteiger partial charge in [0.1, 0.15) is 5.69 Å². The van der Waals surface area contributed by atoms with Gasteiger partial charge in [0, 0.05) is 11.3 Å². The third kappa shape index (κ3) is 2.87. The number of hydrogen-bond donors (Lipinski definition) is 2. The maximum absolute atomic E-state index is 12.9. The lowest BCUT2D eigenvalue weighted by molar-refractivity contribution is -0.126. The average Bonchev–Trinajstić information content (AvgIpc) is 3.49. The summed E-state index contributed by atoms with van der Waals surface area (Å²) in [6, 6.07) is 12.7. The molecular weight excluding hydrogens is 354 g/mol. The minimum atomic E-state index is -0.376. The molecule has 2 aromatic heterocycles. The summed E-state index contributed by atoms with van der Waals surface area (Å²) in [6.45, 7) is 0. The fourth-order valence-corrected chi connectivity index (χ4v) is 4.27. The van der Waals surface area contributed by atoms with Gasteiger partial charge in [-0.15, -0.1) is 0 Å². The van der Waals surface area contributed by atoms with E-state index in [0.717, 1.165) is 12.8 Å². The van der Waals surface area contributed by atoms with Crippen LogP contribution in [0.25, 0.3) is 22.4 Å². The molecule has 3 aromatic rings. The second kappa shape index (κ2) is 6.64. The molecule has 0 aliphatic heterocycles. The van der Waals surface area contributed by atoms with Crippen LogP contribution in [0.4, 0.5) is 0 Å². The van der Waals surface area contributed by atoms with Crippen LogP contribution in [0.2, 0.25) is 0 Å². The molecule has 5 rings (SSSR count). The molecule has 0 unspecified atom stereocenters. The van der Waals surface area contributed by atoms with Crippen molar-refractivity contribution >= 4 is 22.7 Å². The summed E-state index contributed by atoms with van der Waals surface area (Å²) in [5.41, 5.74) is 6.88. The highest BCUT2D eigenvalue weighted by atomic mass is 16.3. The average molecular weight is 373 g/mol. The van der Waals surface area contributed by atoms with Gasteiger partial charge in [-0.1, -0.05) is 30.4 Å². The van der Waals surface area contributed by atoms with Crippen LogP contribution in [-0.2, 0) is 4.79 Å². The van der Waals surface area contributed by atoms with Gasteiger partial charge in [-0.05, 0) is 48.9 Å². The number of nitrogens with one attached hydrogen (secondary N) is 2. The van der Waals surface area contributed by atoms with Gasteiger partial charge in [0.25, 0.3) is 5.91 Å². The topological polar surface area (TPSA) is 84.2 Å². The highest BCUT2D eigenvalue weighted by Crippen LogP contribution is 2.43. The molecule has 2 amide bonds. The van der Waals surface area contributed by atoms with Gasteiger partial charge in [0.15, 0.2) is 5.76 Å². The van der Waals surface area contributed by atoms with Crippen LogP contribution in [0.1, 0.15) is 23.2 Å². The minimum absolute atomic E-state index is 0.0665. The Morgan fingerprint density at radius 3 is 2.68 bits per heavy atom. The van der Waals surface area contributed by atoms with Crippen molar-refractivity contribution in [1.82, 2.24) is 15.8 Å². The second-order valence-electron chi connectivity index (χ2n) is 7.38. The van der Waals surface area contributed by atoms with Crippen LogP contribution in [0.3, 0.4) is 0 Å². The zero-order chi connectivity index (χ0) is 19.1. The maximum atomic E-state index is 12.9. The SMILES string of the molecule is O=C(NNC(=O)[C@@H]1C[C@H]2C=C[C@H]1C2)c1cc(-c2ccco2)nc2ccccc12. The van der Waals surface area contributed by atoms with Gasteiger partial charge in [-0.2, -0.15) is 0 Å². The molecule has 6 heteroatoms. The van der Waals surface area contributed by atoms with E-state index in [1.807, 2.05) is 24.3 Å². The third-order valence-corrected chi connectivity index (χ3v) is 5.65. The normalized spacial score (nSPS) is 22.5. The number of para-hydroxylation sites is 1. The molecule has 2 aliphatic carbocycles. The summed E-state index contributed by atoms with van der Waals surface area (Å²) in [5, 5.41) is 0.715. The smallest absolute Gasteiger partial charge is 0.270 e. The number of furan rings is 1. The first-order chi connectivity index (χ1) is 13.7. The molecular formula is C22H19N3O3. The number of benzene rings is 1. The molecule has 3 atom stereocenters. The van der Waals surface area contributed by atoms with Gasteiger partial charge in [0.05, 0.1) is 17.3 Å². The Hall–Kier alpha value is -3.41. The number of aromatic nitrogens is 1. The summed E-state index contributed by atoms with van der Waals surface area (Å²) < 4.78 is 5.43. The number of fused-ring (bicyclic) bond motifs is 3. The number of rotatable bonds is 3. The molecule has 0 saturated heterocycles. The van der Waals surface area contributed by atoms with Crippen LogP contribution in [0.5, 0.6) is 0 Å². The summed E-state index contributed by atoms with van der Waals surface area (Å²) in [7, 11) is 0. The number of hydrogen-bond acceptors (Lipinski definition) is 4. The van der Waals surface area contributed by atoms with Crippen molar-refractivity contribution in [3.05, 3.63) is 66.4 Å². The fraction of sp³-hybridized carbons (Fsp3) is 0.227. The molecule has 1 saturated carbocycles. The summed E-state index contributed by atoms with van der Waals surface area (Å²) >= 11 is 0. The number of allylic oxidation sites excluding steroid dienone is 2. The van der Waals surface area contributed by atoms with E-state index in [9.17, 15) is 9.59 Å². The first kappa shape index (κ1) is 16.7. The second-order valence-corrected chi connectivity index (χ2v) is 7.38. The third-order valence-electron chi connectivity index (χ3n) is 5.65. The zero-order valence-corrected chi connectivity index (χ0v) is 15.1. The first-order valence-electron chi connectivity index (χ1n) is 9.41. The predicted octanol–water partition coefficient (Wildman–Crippen LogP) is 3.47. The van der Waals surface area contributed by atoms with Crippen molar-refractivity contribution in [2.75, 3.05) is 0 Å². The molecule has 2 bridgehead atoms. The van der Waals surface area contributed by atoms with E-state index in [1.165, 1.54) is 0 Å². The number of hydrazine groups is 1. The van der Waals surface area contributed by atoms with E-state index >= 15 is 0 Å². The number of pyridine rings is 1. The standard InChI is InChI=1S/C22H19N3O3/c26-21(16-11-13-7-8-14(16)10-13)24-25-22(27)17-12-19(20-6-3-9-28-20)23-18-5-2-1-4-15(17)18/h1-9,12-14,16H,10-11H2,(H,24,26)(H,25,27)/t13-,14-,16+/m0/s1. The fourth-order valence-electron chi connectivity index (χ4n) is 4.27. The molecule has 2 aliphatic rings. The Kier molecular flexibility index (Phi) is 3.97. The Labute approximate surface area is 161 Å². The van der Waals surface area contributed by atoms with Crippen LogP contribution < -0.4 is 10.9 Å². The Morgan fingerprint density at radius 1 is 1.04 bits per heavy atom. The van der Waals surface area contributed by atoms with Crippen molar-refractivity contribution < 1.29 is 14.0 Å². The molecule has 140 valence electrons. The lowest BCUT2D eigenvalue weighted by Crippen LogP contribution is -2.45. The summed E-state index contributed by atoms with van der Waals surface area (Å²) in [6.07, 6.45) is 7.76. The molecule has 2 N–H and O–H groups in total. The largest absolute Gasteiger partial charge is 0.463 e. The molecule has 1 fully saturated rings. The lowest BCUT2D eigenvalue weighted by atomic mass is 9.93. The number of carbonyl (C=O) groups excluding carboxylic acids is 2. The lowest BCUT2D eigenvalue weighted by Gasteiger charge is -2.18. The van der Waals surface area contributed by atoms with Crippen molar-refractivity contribution in [3.63, 3.8) is 0 Å². The molecule has 28 heavy (non-hydrogen) atoms. The van der Waals surface area contributed by atoms with Crippen LogP contribution >= 0.6 is 0 Å². The van der Waals surface area contributed by atoms with E-state index in [4.69, 9.17) is 4.42 Å². The zero-order valence-electron chi connectivity index (χ0n) is 15.1. The van der Waals surface area contributed by atoms with Crippen molar-refractivity contribution in [2.24, 2.45) is 17.8 Å². The van der Waals surface area contributed by atoms with Gasteiger partial charge in [0.2, 0.25) is 5.91 Å². The van der Waals surface area contributed by atoms with Gasteiger partial charge < -0.3 is 4.42 Å². The molecule has 0 radical (unpaired) electrons. The summed E-state index contributed by atoms with van der Waals surface area (Å²) in [5.74, 6) is 0.791. The Balaban J connectivity index is 1.39. The predicted molar refractivity (Wildman–Crippen MR) is 104 cm³/mol. The molecule has 1 aromatic carbocycles. The highest BCUT2D eigenvalue weighted by Gasteiger charge is 2.39. The number of nitrogens with zero attached hydrogens (tertiary/aromatic N) is 1.